The summed E-state index contributed by atoms with van der Waals surface area (Å²) in [7, 11) is -3.70. The van der Waals surface area contributed by atoms with Crippen molar-refractivity contribution in [1.29, 1.82) is 0 Å². The molecule has 188 valence electrons. The number of hydrazone groups is 1. The SMILES string of the molecule is CS(=O)(=O)N(CC(=O)N/N=C\c1ccc(OCC(=O)Nc2ccc(F)cc2)cc1)c1cccc(Br)c1. The highest BCUT2D eigenvalue weighted by Crippen LogP contribution is 2.22. The molecule has 0 atom stereocenters. The minimum absolute atomic E-state index is 0.240. The average Bonchev–Trinajstić information content (AvgIpc) is 2.83. The Labute approximate surface area is 216 Å². The van der Waals surface area contributed by atoms with Crippen molar-refractivity contribution in [2.45, 2.75) is 0 Å². The number of nitrogens with one attached hydrogen (secondary N) is 2. The Kier molecular flexibility index (Phi) is 9.14. The quantitative estimate of drug-likeness (QED) is 0.283. The maximum absolute atomic E-state index is 12.9. The van der Waals surface area contributed by atoms with Crippen LogP contribution in [0, 0.1) is 5.82 Å². The summed E-state index contributed by atoms with van der Waals surface area (Å²) < 4.78 is 44.3. The molecule has 0 saturated heterocycles. The summed E-state index contributed by atoms with van der Waals surface area (Å²) in [5, 5.41) is 6.45. The molecule has 0 aliphatic rings. The zero-order valence-corrected chi connectivity index (χ0v) is 21.4. The zero-order valence-electron chi connectivity index (χ0n) is 19.0. The fourth-order valence-corrected chi connectivity index (χ4v) is 4.14. The van der Waals surface area contributed by atoms with Gasteiger partial charge < -0.3 is 10.1 Å². The molecule has 3 aromatic carbocycles. The minimum Gasteiger partial charge on any atom is -0.484 e. The van der Waals surface area contributed by atoms with Gasteiger partial charge in [-0.1, -0.05) is 22.0 Å². The van der Waals surface area contributed by atoms with Gasteiger partial charge >= 0.3 is 0 Å². The summed E-state index contributed by atoms with van der Waals surface area (Å²) in [6.07, 6.45) is 2.40. The van der Waals surface area contributed by atoms with E-state index in [9.17, 15) is 22.4 Å². The van der Waals surface area contributed by atoms with Gasteiger partial charge in [0.1, 0.15) is 18.1 Å². The lowest BCUT2D eigenvalue weighted by Crippen LogP contribution is -2.39. The van der Waals surface area contributed by atoms with Crippen LogP contribution in [0.25, 0.3) is 0 Å². The number of rotatable bonds is 10. The van der Waals surface area contributed by atoms with Crippen molar-refractivity contribution in [3.63, 3.8) is 0 Å². The fourth-order valence-electron chi connectivity index (χ4n) is 2.91. The van der Waals surface area contributed by atoms with E-state index in [0.717, 1.165) is 10.6 Å². The largest absolute Gasteiger partial charge is 0.484 e. The smallest absolute Gasteiger partial charge is 0.262 e. The van der Waals surface area contributed by atoms with E-state index < -0.39 is 34.2 Å². The second-order valence-corrected chi connectivity index (χ2v) is 10.3. The molecule has 0 radical (unpaired) electrons. The maximum Gasteiger partial charge on any atom is 0.262 e. The van der Waals surface area contributed by atoms with Gasteiger partial charge in [-0.25, -0.2) is 18.2 Å². The second-order valence-electron chi connectivity index (χ2n) is 7.46. The molecule has 0 saturated carbocycles. The van der Waals surface area contributed by atoms with Crippen LogP contribution in [0.15, 0.2) is 82.4 Å². The molecule has 3 rings (SSSR count). The number of anilines is 2. The van der Waals surface area contributed by atoms with Gasteiger partial charge in [-0.3, -0.25) is 13.9 Å². The fraction of sp³-hybridized carbons (Fsp3) is 0.125. The Balaban J connectivity index is 1.49. The van der Waals surface area contributed by atoms with E-state index >= 15 is 0 Å². The highest BCUT2D eigenvalue weighted by Gasteiger charge is 2.20. The molecule has 0 aliphatic carbocycles. The Hall–Kier alpha value is -3.77. The van der Waals surface area contributed by atoms with Crippen LogP contribution in [0.3, 0.4) is 0 Å². The Morgan fingerprint density at radius 1 is 1.06 bits per heavy atom. The predicted octanol–water partition coefficient (Wildman–Crippen LogP) is 3.52. The number of amides is 2. The number of nitrogens with zero attached hydrogens (tertiary/aromatic N) is 2. The second kappa shape index (κ2) is 12.3. The van der Waals surface area contributed by atoms with E-state index in [4.69, 9.17) is 4.74 Å². The number of sulfonamides is 1. The molecule has 0 unspecified atom stereocenters. The molecular formula is C24H22BrFN4O5S. The van der Waals surface area contributed by atoms with E-state index in [-0.39, 0.29) is 6.61 Å². The lowest BCUT2D eigenvalue weighted by atomic mass is 10.2. The van der Waals surface area contributed by atoms with Gasteiger partial charge in [-0.2, -0.15) is 5.10 Å². The molecule has 0 spiro atoms. The molecule has 0 aromatic heterocycles. The maximum atomic E-state index is 12.9. The number of carbonyl (C=O) groups excluding carboxylic acids is 2. The van der Waals surface area contributed by atoms with Gasteiger partial charge in [0, 0.05) is 10.2 Å². The topological polar surface area (TPSA) is 117 Å². The highest BCUT2D eigenvalue weighted by atomic mass is 79.9. The molecule has 36 heavy (non-hydrogen) atoms. The third-order valence-corrected chi connectivity index (χ3v) is 6.20. The van der Waals surface area contributed by atoms with Crippen molar-refractivity contribution in [2.75, 3.05) is 29.0 Å². The first-order chi connectivity index (χ1) is 17.1. The summed E-state index contributed by atoms with van der Waals surface area (Å²) >= 11 is 3.28. The highest BCUT2D eigenvalue weighted by molar-refractivity contribution is 9.10. The van der Waals surface area contributed by atoms with Crippen LogP contribution in [-0.4, -0.2) is 45.9 Å². The standard InChI is InChI=1S/C24H22BrFN4O5S/c1-36(33,34)30(21-4-2-3-18(25)13-21)15-23(31)29-27-14-17-5-11-22(12-6-17)35-16-24(32)28-20-9-7-19(26)8-10-20/h2-14H,15-16H2,1H3,(H,28,32)(H,29,31)/b27-14-. The van der Waals surface area contributed by atoms with E-state index in [1.54, 1.807) is 48.5 Å². The average molecular weight is 577 g/mol. The van der Waals surface area contributed by atoms with Gasteiger partial charge in [0.05, 0.1) is 18.2 Å². The molecule has 3 aromatic rings. The number of benzene rings is 3. The third-order valence-electron chi connectivity index (χ3n) is 4.56. The van der Waals surface area contributed by atoms with Crippen LogP contribution in [0.5, 0.6) is 5.75 Å². The summed E-state index contributed by atoms with van der Waals surface area (Å²) in [5.41, 5.74) is 3.73. The van der Waals surface area contributed by atoms with Crippen LogP contribution >= 0.6 is 15.9 Å². The first-order valence-corrected chi connectivity index (χ1v) is 13.1. The molecule has 0 bridgehead atoms. The number of hydrogen-bond donors (Lipinski definition) is 2. The zero-order chi connectivity index (χ0) is 26.1. The van der Waals surface area contributed by atoms with Gasteiger partial charge in [0.25, 0.3) is 11.8 Å². The first-order valence-electron chi connectivity index (χ1n) is 10.4. The first kappa shape index (κ1) is 26.8. The van der Waals surface area contributed by atoms with E-state index in [1.165, 1.54) is 30.5 Å². The van der Waals surface area contributed by atoms with Crippen molar-refractivity contribution in [3.8, 4) is 5.75 Å². The van der Waals surface area contributed by atoms with Gasteiger partial charge in [-0.05, 0) is 72.3 Å². The Morgan fingerprint density at radius 2 is 1.75 bits per heavy atom. The van der Waals surface area contributed by atoms with Crippen LogP contribution in [0.1, 0.15) is 5.56 Å². The summed E-state index contributed by atoms with van der Waals surface area (Å²) in [6.45, 7) is -0.685. The summed E-state index contributed by atoms with van der Waals surface area (Å²) in [5.74, 6) is -0.989. The van der Waals surface area contributed by atoms with Gasteiger partial charge in [0.2, 0.25) is 10.0 Å². The molecule has 9 nitrogen and oxygen atoms in total. The molecule has 0 heterocycles. The molecule has 0 aliphatic heterocycles. The third kappa shape index (κ3) is 8.47. The number of halogens is 2. The monoisotopic (exact) mass is 576 g/mol. The molecule has 0 fully saturated rings. The van der Waals surface area contributed by atoms with Gasteiger partial charge in [0.15, 0.2) is 6.61 Å². The van der Waals surface area contributed by atoms with Gasteiger partial charge in [-0.15, -0.1) is 0 Å². The van der Waals surface area contributed by atoms with Crippen molar-refractivity contribution in [1.82, 2.24) is 5.43 Å². The Bertz CT molecular complexity index is 1350. The lowest BCUT2D eigenvalue weighted by molar-refractivity contribution is -0.119. The van der Waals surface area contributed by atoms with Crippen molar-refractivity contribution < 1.29 is 27.1 Å². The van der Waals surface area contributed by atoms with Crippen LogP contribution in [0.4, 0.5) is 15.8 Å². The molecule has 12 heteroatoms. The minimum atomic E-state index is -3.70. The van der Waals surface area contributed by atoms with Crippen LogP contribution in [-0.2, 0) is 19.6 Å². The van der Waals surface area contributed by atoms with Crippen molar-refractivity contribution >= 4 is 55.4 Å². The number of carbonyl (C=O) groups is 2. The lowest BCUT2D eigenvalue weighted by Gasteiger charge is -2.21. The van der Waals surface area contributed by atoms with Crippen molar-refractivity contribution in [3.05, 3.63) is 88.6 Å². The van der Waals surface area contributed by atoms with Crippen LogP contribution < -0.4 is 19.8 Å². The van der Waals surface area contributed by atoms with Crippen molar-refractivity contribution in [2.24, 2.45) is 5.10 Å². The van der Waals surface area contributed by atoms with Crippen LogP contribution in [0.2, 0.25) is 0 Å². The molecule has 2 amide bonds. The summed E-state index contributed by atoms with van der Waals surface area (Å²) in [6, 6.07) is 18.5. The predicted molar refractivity (Wildman–Crippen MR) is 139 cm³/mol. The molecule has 2 N–H and O–H groups in total. The van der Waals surface area contributed by atoms with E-state index in [2.05, 4.69) is 31.8 Å². The molecular weight excluding hydrogens is 555 g/mol. The number of hydrogen-bond acceptors (Lipinski definition) is 6. The number of ether oxygens (including phenoxy) is 1. The normalized spacial score (nSPS) is 11.2. The summed E-state index contributed by atoms with van der Waals surface area (Å²) in [4.78, 5) is 24.2. The Morgan fingerprint density at radius 3 is 2.39 bits per heavy atom. The van der Waals surface area contributed by atoms with E-state index in [0.29, 0.717) is 27.2 Å². The van der Waals surface area contributed by atoms with E-state index in [1.807, 2.05) is 0 Å².